The van der Waals surface area contributed by atoms with E-state index < -0.39 is 11.8 Å². The number of hydrogen-bond acceptors (Lipinski definition) is 2. The molecule has 2 N–H and O–H groups in total. The van der Waals surface area contributed by atoms with E-state index in [0.29, 0.717) is 23.1 Å². The maximum atomic E-state index is 13.4. The topological polar surface area (TPSA) is 69.6 Å². The smallest absolute Gasteiger partial charge is 0.322 e. The minimum Gasteiger partial charge on any atom is -0.481 e. The highest BCUT2D eigenvalue weighted by atomic mass is 79.9. The third-order valence-corrected chi connectivity index (χ3v) is 4.11. The van der Waals surface area contributed by atoms with Crippen LogP contribution in [0.4, 0.5) is 14.9 Å². The zero-order chi connectivity index (χ0) is 15.4. The number of carbonyl (C=O) groups is 2. The summed E-state index contributed by atoms with van der Waals surface area (Å²) in [5.41, 5.74) is 0.348. The predicted molar refractivity (Wildman–Crippen MR) is 79.7 cm³/mol. The van der Waals surface area contributed by atoms with E-state index in [-0.39, 0.29) is 18.5 Å². The number of hydrogen-bond donors (Lipinski definition) is 2. The summed E-state index contributed by atoms with van der Waals surface area (Å²) >= 11 is 3.05. The molecule has 1 atom stereocenters. The normalized spacial score (nSPS) is 18.4. The van der Waals surface area contributed by atoms with Crippen molar-refractivity contribution in [2.75, 3.05) is 11.9 Å². The molecular weight excluding hydrogens is 343 g/mol. The summed E-state index contributed by atoms with van der Waals surface area (Å²) < 4.78 is 13.8. The van der Waals surface area contributed by atoms with Crippen molar-refractivity contribution >= 4 is 33.6 Å². The van der Waals surface area contributed by atoms with Gasteiger partial charge in [-0.15, -0.1) is 0 Å². The van der Waals surface area contributed by atoms with Crippen LogP contribution in [0.2, 0.25) is 0 Å². The highest BCUT2D eigenvalue weighted by molar-refractivity contribution is 9.10. The molecule has 7 heteroatoms. The highest BCUT2D eigenvalue weighted by Gasteiger charge is 2.28. The van der Waals surface area contributed by atoms with Crippen LogP contribution in [0.25, 0.3) is 0 Å². The molecule has 0 saturated carbocycles. The molecule has 1 unspecified atom stereocenters. The van der Waals surface area contributed by atoms with Gasteiger partial charge in [0.25, 0.3) is 0 Å². The lowest BCUT2D eigenvalue weighted by Gasteiger charge is -2.34. The lowest BCUT2D eigenvalue weighted by Crippen LogP contribution is -2.46. The molecule has 1 aliphatic heterocycles. The van der Waals surface area contributed by atoms with Gasteiger partial charge in [-0.2, -0.15) is 0 Å². The van der Waals surface area contributed by atoms with E-state index in [1.54, 1.807) is 6.07 Å². The maximum absolute atomic E-state index is 13.4. The van der Waals surface area contributed by atoms with E-state index >= 15 is 0 Å². The zero-order valence-corrected chi connectivity index (χ0v) is 12.9. The van der Waals surface area contributed by atoms with Crippen LogP contribution in [0.5, 0.6) is 0 Å². The number of nitrogens with zero attached hydrogens (tertiary/aromatic N) is 1. The number of carbonyl (C=O) groups excluding carboxylic acids is 1. The molecule has 0 aromatic heterocycles. The van der Waals surface area contributed by atoms with Crippen LogP contribution in [0.3, 0.4) is 0 Å². The van der Waals surface area contributed by atoms with Crippen molar-refractivity contribution in [3.05, 3.63) is 28.5 Å². The monoisotopic (exact) mass is 358 g/mol. The molecule has 1 heterocycles. The van der Waals surface area contributed by atoms with Crippen LogP contribution in [0.1, 0.15) is 25.7 Å². The minimum atomic E-state index is -0.922. The van der Waals surface area contributed by atoms with Crippen molar-refractivity contribution < 1.29 is 19.1 Å². The van der Waals surface area contributed by atoms with Gasteiger partial charge in [-0.05, 0) is 53.4 Å². The lowest BCUT2D eigenvalue weighted by molar-refractivity contribution is -0.138. The fraction of sp³-hybridized carbons (Fsp3) is 0.429. The second-order valence-corrected chi connectivity index (χ2v) is 5.85. The molecule has 1 aromatic carbocycles. The second-order valence-electron chi connectivity index (χ2n) is 5.00. The van der Waals surface area contributed by atoms with Gasteiger partial charge in [0, 0.05) is 18.3 Å². The van der Waals surface area contributed by atoms with Crippen molar-refractivity contribution in [1.29, 1.82) is 0 Å². The van der Waals surface area contributed by atoms with Crippen molar-refractivity contribution in [3.8, 4) is 0 Å². The third-order valence-electron chi connectivity index (χ3n) is 3.47. The second kappa shape index (κ2) is 6.89. The fourth-order valence-corrected chi connectivity index (χ4v) is 2.70. The molecule has 114 valence electrons. The molecule has 2 rings (SSSR count). The molecule has 5 nitrogen and oxygen atoms in total. The number of carboxylic acids is 1. The number of nitrogens with one attached hydrogen (secondary N) is 1. The SMILES string of the molecule is O=C(O)CC1CCCCN1C(=O)Nc1ccc(Br)c(F)c1. The summed E-state index contributed by atoms with van der Waals surface area (Å²) in [6, 6.07) is 3.62. The van der Waals surface area contributed by atoms with Gasteiger partial charge in [0.15, 0.2) is 0 Å². The number of piperidine rings is 1. The molecule has 0 radical (unpaired) electrons. The average Bonchev–Trinajstić information content (AvgIpc) is 2.43. The number of carboxylic acid groups (broad SMARTS) is 1. The van der Waals surface area contributed by atoms with Crippen LogP contribution in [0, 0.1) is 5.82 Å². The molecule has 1 aliphatic rings. The first kappa shape index (κ1) is 15.8. The van der Waals surface area contributed by atoms with Crippen molar-refractivity contribution in [1.82, 2.24) is 4.90 Å². The summed E-state index contributed by atoms with van der Waals surface area (Å²) in [6.45, 7) is 0.517. The first-order valence-corrected chi connectivity index (χ1v) is 7.51. The summed E-state index contributed by atoms with van der Waals surface area (Å²) in [6.07, 6.45) is 2.36. The van der Waals surface area contributed by atoms with Crippen LogP contribution in [-0.4, -0.2) is 34.6 Å². The first-order valence-electron chi connectivity index (χ1n) is 6.72. The number of likely N-dealkylation sites (tertiary alicyclic amines) is 1. The lowest BCUT2D eigenvalue weighted by atomic mass is 10.00. The van der Waals surface area contributed by atoms with E-state index in [9.17, 15) is 14.0 Å². The van der Waals surface area contributed by atoms with E-state index in [0.717, 1.165) is 12.8 Å². The van der Waals surface area contributed by atoms with Gasteiger partial charge in [-0.1, -0.05) is 0 Å². The first-order chi connectivity index (χ1) is 9.97. The summed E-state index contributed by atoms with van der Waals surface area (Å²) in [4.78, 5) is 24.6. The number of benzene rings is 1. The number of halogens is 2. The standard InChI is InChI=1S/C14H16BrFN2O3/c15-11-5-4-9(7-12(11)16)17-14(21)18-6-2-1-3-10(18)8-13(19)20/h4-5,7,10H,1-3,6,8H2,(H,17,21)(H,19,20). The van der Waals surface area contributed by atoms with Crippen LogP contribution in [-0.2, 0) is 4.79 Å². The van der Waals surface area contributed by atoms with Gasteiger partial charge in [-0.25, -0.2) is 9.18 Å². The largest absolute Gasteiger partial charge is 0.481 e. The Kier molecular flexibility index (Phi) is 5.17. The van der Waals surface area contributed by atoms with E-state index in [2.05, 4.69) is 21.2 Å². The quantitative estimate of drug-likeness (QED) is 0.869. The van der Waals surface area contributed by atoms with Gasteiger partial charge >= 0.3 is 12.0 Å². The average molecular weight is 359 g/mol. The molecule has 1 aromatic rings. The van der Waals surface area contributed by atoms with Gasteiger partial charge < -0.3 is 15.3 Å². The molecule has 0 aliphatic carbocycles. The molecule has 0 bridgehead atoms. The predicted octanol–water partition coefficient (Wildman–Crippen LogP) is 3.45. The van der Waals surface area contributed by atoms with Crippen LogP contribution < -0.4 is 5.32 Å². The Morgan fingerprint density at radius 3 is 2.86 bits per heavy atom. The number of anilines is 1. The van der Waals surface area contributed by atoms with Crippen LogP contribution in [0.15, 0.2) is 22.7 Å². The van der Waals surface area contributed by atoms with Crippen molar-refractivity contribution in [2.24, 2.45) is 0 Å². The summed E-state index contributed by atoms with van der Waals surface area (Å²) in [7, 11) is 0. The number of rotatable bonds is 3. The Morgan fingerprint density at radius 2 is 2.19 bits per heavy atom. The zero-order valence-electron chi connectivity index (χ0n) is 11.3. The van der Waals surface area contributed by atoms with Crippen molar-refractivity contribution in [3.63, 3.8) is 0 Å². The molecule has 21 heavy (non-hydrogen) atoms. The Balaban J connectivity index is 2.06. The molecule has 1 fully saturated rings. The van der Waals surface area contributed by atoms with Crippen LogP contribution >= 0.6 is 15.9 Å². The van der Waals surface area contributed by atoms with E-state index in [1.165, 1.54) is 17.0 Å². The summed E-state index contributed by atoms with van der Waals surface area (Å²) in [5, 5.41) is 11.5. The van der Waals surface area contributed by atoms with Gasteiger partial charge in [0.1, 0.15) is 5.82 Å². The molecule has 0 spiro atoms. The third kappa shape index (κ3) is 4.17. The molecular formula is C14H16BrFN2O3. The maximum Gasteiger partial charge on any atom is 0.322 e. The Morgan fingerprint density at radius 1 is 1.43 bits per heavy atom. The molecule has 1 saturated heterocycles. The summed E-state index contributed by atoms with van der Waals surface area (Å²) in [5.74, 6) is -1.39. The van der Waals surface area contributed by atoms with Gasteiger partial charge in [0.05, 0.1) is 10.9 Å². The number of amides is 2. The Bertz CT molecular complexity index is 553. The van der Waals surface area contributed by atoms with Gasteiger partial charge in [0.2, 0.25) is 0 Å². The number of aliphatic carboxylic acids is 1. The van der Waals surface area contributed by atoms with Crippen molar-refractivity contribution in [2.45, 2.75) is 31.7 Å². The minimum absolute atomic E-state index is 0.0673. The fourth-order valence-electron chi connectivity index (χ4n) is 2.45. The van der Waals surface area contributed by atoms with E-state index in [4.69, 9.17) is 5.11 Å². The molecule has 2 amide bonds. The Labute approximate surface area is 130 Å². The Hall–Kier alpha value is -1.63. The highest BCUT2D eigenvalue weighted by Crippen LogP contribution is 2.23. The van der Waals surface area contributed by atoms with Gasteiger partial charge in [-0.3, -0.25) is 4.79 Å². The number of urea groups is 1. The van der Waals surface area contributed by atoms with E-state index in [1.807, 2.05) is 0 Å².